The number of rotatable bonds is 13. The monoisotopic (exact) mass is 952 g/mol. The molecule has 4 atom stereocenters. The van der Waals surface area contributed by atoms with Crippen molar-refractivity contribution in [2.75, 3.05) is 54.0 Å². The Labute approximate surface area is 401 Å². The number of amides is 5. The highest BCUT2D eigenvalue weighted by Gasteiger charge is 2.44. The van der Waals surface area contributed by atoms with Crippen LogP contribution < -0.4 is 10.7 Å². The molecule has 6 rings (SSSR count). The lowest BCUT2D eigenvalue weighted by molar-refractivity contribution is -0.158. The zero-order valence-electron chi connectivity index (χ0n) is 40.6. The van der Waals surface area contributed by atoms with E-state index in [0.717, 1.165) is 44.7 Å². The first-order chi connectivity index (χ1) is 31.7. The summed E-state index contributed by atoms with van der Waals surface area (Å²) in [5.41, 5.74) is 9.14. The van der Waals surface area contributed by atoms with Crippen LogP contribution >= 0.6 is 11.3 Å². The number of cyclic esters (lactones) is 1. The Kier molecular flexibility index (Phi) is 16.2. The predicted octanol–water partition coefficient (Wildman–Crippen LogP) is 5.74. The number of hydrazine groups is 1. The van der Waals surface area contributed by atoms with E-state index >= 15 is 0 Å². The summed E-state index contributed by atoms with van der Waals surface area (Å²) in [6.45, 7) is 19.5. The number of urea groups is 1. The molecular formula is C49H66N9O7SSi. The van der Waals surface area contributed by atoms with Crippen molar-refractivity contribution in [3.05, 3.63) is 70.8 Å². The van der Waals surface area contributed by atoms with Gasteiger partial charge in [-0.2, -0.15) is 0 Å². The Morgan fingerprint density at radius 1 is 1.12 bits per heavy atom. The number of likely N-dealkylation sites (N-methyl/N-ethyl adjacent to an activating group) is 3. The van der Waals surface area contributed by atoms with Crippen molar-refractivity contribution >= 4 is 62.2 Å². The van der Waals surface area contributed by atoms with Crippen LogP contribution in [0.25, 0.3) is 33.4 Å². The number of thiazole rings is 1. The molecule has 1 saturated heterocycles. The third kappa shape index (κ3) is 11.1. The van der Waals surface area contributed by atoms with Crippen LogP contribution in [0.4, 0.5) is 4.79 Å². The van der Waals surface area contributed by atoms with Gasteiger partial charge in [0.1, 0.15) is 17.2 Å². The Morgan fingerprint density at radius 3 is 2.54 bits per heavy atom. The molecule has 1 aromatic carbocycles. The number of benzene rings is 1. The Hall–Kier alpha value is -5.43. The Morgan fingerprint density at radius 2 is 1.85 bits per heavy atom. The number of hydrogen-bond acceptors (Lipinski definition) is 11. The number of esters is 1. The molecule has 67 heavy (non-hydrogen) atoms. The van der Waals surface area contributed by atoms with Crippen molar-refractivity contribution < 1.29 is 33.4 Å². The number of ether oxygens (including phenoxy) is 2. The number of fused-ring (bicyclic) bond motifs is 6. The normalized spacial score (nSPS) is 19.6. The first-order valence-corrected chi connectivity index (χ1v) is 24.5. The van der Waals surface area contributed by atoms with Crippen LogP contribution in [-0.2, 0) is 48.0 Å². The largest absolute Gasteiger partial charge is 0.464 e. The molecule has 2 aliphatic heterocycles. The summed E-state index contributed by atoms with van der Waals surface area (Å²) in [6.07, 6.45) is 4.14. The maximum Gasteiger partial charge on any atom is 0.323 e. The molecule has 5 heterocycles. The Balaban J connectivity index is 1.41. The van der Waals surface area contributed by atoms with Gasteiger partial charge in [0.15, 0.2) is 0 Å². The summed E-state index contributed by atoms with van der Waals surface area (Å²) in [6, 6.07) is 7.86. The second kappa shape index (κ2) is 21.2. The second-order valence-corrected chi connectivity index (χ2v) is 20.5. The van der Waals surface area contributed by atoms with Gasteiger partial charge < -0.3 is 34.1 Å². The average Bonchev–Trinajstić information content (AvgIpc) is 3.89. The van der Waals surface area contributed by atoms with Gasteiger partial charge in [-0.25, -0.2) is 15.2 Å². The lowest BCUT2D eigenvalue weighted by atomic mass is 9.84. The number of pyridine rings is 1. The molecule has 0 unspecified atom stereocenters. The van der Waals surface area contributed by atoms with E-state index < -0.39 is 46.5 Å². The van der Waals surface area contributed by atoms with E-state index in [1.54, 1.807) is 27.3 Å². The van der Waals surface area contributed by atoms with Crippen LogP contribution in [-0.4, -0.2) is 145 Å². The zero-order chi connectivity index (χ0) is 49.0. The molecule has 3 aromatic heterocycles. The van der Waals surface area contributed by atoms with E-state index in [1.807, 2.05) is 39.1 Å². The SMILES string of the molecule is C=CC(=O)N(C)CCN(C)C(=O)N(C)[C@H](C(=O)N[C@H]1Cc2nc(cs2)-c2ccc3c(c2)c(c(-c2cccnc2[C@H](C)OCC)n3CC)CC(C)(C)COC(=O)[C@@]2([Si])CCCN(N2)C1=O)C(C)C. The number of hydrogen-bond donors (Lipinski definition) is 2. The van der Waals surface area contributed by atoms with Gasteiger partial charge in [0.05, 0.1) is 45.0 Å². The van der Waals surface area contributed by atoms with Crippen molar-refractivity contribution in [1.82, 2.24) is 45.0 Å². The first-order valence-electron chi connectivity index (χ1n) is 23.1. The molecule has 18 heteroatoms. The van der Waals surface area contributed by atoms with Gasteiger partial charge in [0, 0.05) is 99.4 Å². The predicted molar refractivity (Wildman–Crippen MR) is 261 cm³/mol. The van der Waals surface area contributed by atoms with Crippen molar-refractivity contribution in [3.63, 3.8) is 0 Å². The Bertz CT molecular complexity index is 2490. The van der Waals surface area contributed by atoms with E-state index in [1.165, 1.54) is 37.1 Å². The molecule has 16 nitrogen and oxygen atoms in total. The van der Waals surface area contributed by atoms with E-state index in [4.69, 9.17) is 19.4 Å². The van der Waals surface area contributed by atoms with Crippen molar-refractivity contribution in [1.29, 1.82) is 0 Å². The summed E-state index contributed by atoms with van der Waals surface area (Å²) in [5.74, 6) is -2.19. The molecule has 4 aromatic rings. The average molecular weight is 953 g/mol. The molecule has 2 N–H and O–H groups in total. The molecule has 1 fully saturated rings. The number of aromatic nitrogens is 3. The van der Waals surface area contributed by atoms with Crippen molar-refractivity contribution in [3.8, 4) is 22.5 Å². The molecule has 359 valence electrons. The van der Waals surface area contributed by atoms with Gasteiger partial charge in [-0.1, -0.05) is 40.3 Å². The fourth-order valence-corrected chi connectivity index (χ4v) is 10.3. The van der Waals surface area contributed by atoms with Crippen LogP contribution in [0, 0.1) is 11.3 Å². The first kappa shape index (κ1) is 51.0. The minimum Gasteiger partial charge on any atom is -0.464 e. The molecule has 0 aliphatic carbocycles. The third-order valence-electron chi connectivity index (χ3n) is 12.6. The molecule has 0 saturated carbocycles. The number of carbonyl (C=O) groups is 5. The van der Waals surface area contributed by atoms with Crippen LogP contribution in [0.5, 0.6) is 0 Å². The standard InChI is InChI=1S/C49H66N9O7SSi/c1-12-40(59)54(9)23-24-55(10)47(63)56(11)42(30(4)5)44(60)52-36-26-39-51-37(28-66-39)32-18-19-38-34(25-32)35(43(57(38)13-2)33-17-15-21-50-41(33)31(6)64-14-3)27-48(7,8)29-65-46(62)49(67)20-16-22-58(53-49)45(36)61/h12,15,17-19,21,25,28,30-31,36,42,53H,1,13-14,16,20,22-24,26-27,29H2,2-11H3,(H,52,60)/t31-,36-,42-,49-/m0/s1. The molecule has 3 radical (unpaired) electrons. The van der Waals surface area contributed by atoms with Gasteiger partial charge in [-0.3, -0.25) is 29.2 Å². The number of aryl methyl sites for hydroxylation is 1. The topological polar surface area (TPSA) is 172 Å². The summed E-state index contributed by atoms with van der Waals surface area (Å²) >= 11 is 1.39. The fourth-order valence-electron chi connectivity index (χ4n) is 9.07. The molecule has 6 bridgehead atoms. The van der Waals surface area contributed by atoms with Gasteiger partial charge in [-0.15, -0.1) is 11.3 Å². The molecular weight excluding hydrogens is 887 g/mol. The van der Waals surface area contributed by atoms with Crippen molar-refractivity contribution in [2.45, 2.75) is 104 Å². The maximum absolute atomic E-state index is 14.7. The smallest absolute Gasteiger partial charge is 0.323 e. The van der Waals surface area contributed by atoms with Gasteiger partial charge in [0.2, 0.25) is 11.8 Å². The summed E-state index contributed by atoms with van der Waals surface area (Å²) in [4.78, 5) is 83.3. The van der Waals surface area contributed by atoms with Crippen LogP contribution in [0.2, 0.25) is 0 Å². The molecule has 0 spiro atoms. The minimum atomic E-state index is -1.43. The fraction of sp³-hybridized carbons (Fsp3) is 0.531. The van der Waals surface area contributed by atoms with Gasteiger partial charge >= 0.3 is 12.0 Å². The summed E-state index contributed by atoms with van der Waals surface area (Å²) in [7, 11) is 8.49. The lowest BCUT2D eigenvalue weighted by Crippen LogP contribution is -2.67. The van der Waals surface area contributed by atoms with Gasteiger partial charge in [0.25, 0.3) is 5.91 Å². The minimum absolute atomic E-state index is 0.0401. The van der Waals surface area contributed by atoms with Crippen LogP contribution in [0.15, 0.2) is 54.6 Å². The van der Waals surface area contributed by atoms with E-state index in [-0.39, 0.29) is 50.6 Å². The highest BCUT2D eigenvalue weighted by atomic mass is 32.1. The van der Waals surface area contributed by atoms with E-state index in [9.17, 15) is 24.0 Å². The van der Waals surface area contributed by atoms with E-state index in [0.29, 0.717) is 37.4 Å². The van der Waals surface area contributed by atoms with Crippen LogP contribution in [0.3, 0.4) is 0 Å². The number of nitrogens with one attached hydrogen (secondary N) is 2. The molecule has 2 aliphatic rings. The molecule has 5 amide bonds. The van der Waals surface area contributed by atoms with Gasteiger partial charge in [-0.05, 0) is 81.9 Å². The maximum atomic E-state index is 14.7. The van der Waals surface area contributed by atoms with Crippen molar-refractivity contribution in [2.24, 2.45) is 11.3 Å². The quantitative estimate of drug-likeness (QED) is 0.0957. The summed E-state index contributed by atoms with van der Waals surface area (Å²) in [5, 5.41) is 6.54. The summed E-state index contributed by atoms with van der Waals surface area (Å²) < 4.78 is 14.6. The second-order valence-electron chi connectivity index (χ2n) is 18.7. The zero-order valence-corrected chi connectivity index (χ0v) is 42.4. The lowest BCUT2D eigenvalue weighted by Gasteiger charge is -2.41. The number of carbonyl (C=O) groups excluding carboxylic acids is 5. The van der Waals surface area contributed by atoms with Crippen LogP contribution in [0.1, 0.15) is 83.7 Å². The highest BCUT2D eigenvalue weighted by Crippen LogP contribution is 2.42. The number of nitrogens with zero attached hydrogens (tertiary/aromatic N) is 7. The highest BCUT2D eigenvalue weighted by molar-refractivity contribution is 7.10. The van der Waals surface area contributed by atoms with E-state index in [2.05, 4.69) is 77.2 Å². The third-order valence-corrected chi connectivity index (χ3v) is 14.0.